The second kappa shape index (κ2) is 10.1. The van der Waals surface area contributed by atoms with Crippen molar-refractivity contribution >= 4 is 16.5 Å². The predicted molar refractivity (Wildman–Crippen MR) is 41.3 cm³/mol. The molecule has 0 aromatic carbocycles. The fraction of sp³-hybridized carbons (Fsp3) is 1.00. The minimum Gasteiger partial charge on any atom is -0.131 e. The zero-order valence-electron chi connectivity index (χ0n) is 6.43. The van der Waals surface area contributed by atoms with Crippen molar-refractivity contribution in [2.45, 2.75) is 26.7 Å². The van der Waals surface area contributed by atoms with Gasteiger partial charge in [-0.15, -0.1) is 9.79 Å². The maximum absolute atomic E-state index is 9.39. The topological polar surface area (TPSA) is 83.8 Å². The highest BCUT2D eigenvalue weighted by molar-refractivity contribution is 7.46. The zero-order valence-corrected chi connectivity index (χ0v) is 8.22. The maximum atomic E-state index is 9.39. The molecule has 0 heterocycles. The molecule has 0 amide bonds. The van der Waals surface area contributed by atoms with Gasteiger partial charge in [-0.3, -0.25) is 0 Å². The van der Waals surface area contributed by atoms with E-state index in [0.717, 1.165) is 0 Å². The van der Waals surface area contributed by atoms with Gasteiger partial charge < -0.3 is 0 Å². The summed E-state index contributed by atoms with van der Waals surface area (Å²) in [6, 6.07) is 0. The smallest absolute Gasteiger partial charge is 0.131 e. The summed E-state index contributed by atoms with van der Waals surface area (Å²) in [6.07, 6.45) is 2.64. The molecule has 0 spiro atoms. The van der Waals surface area contributed by atoms with E-state index in [0.29, 0.717) is 0 Å². The summed E-state index contributed by atoms with van der Waals surface area (Å²) in [6.45, 7) is 4.36. The molecule has 7 heteroatoms. The third-order valence-electron chi connectivity index (χ3n) is 0.640. The Labute approximate surface area is 67.3 Å². The van der Waals surface area contributed by atoms with Gasteiger partial charge in [0.1, 0.15) is 0 Å². The van der Waals surface area contributed by atoms with E-state index in [2.05, 4.69) is 18.2 Å². The average molecular weight is 202 g/mol. The third-order valence-corrected chi connectivity index (χ3v) is 1.76. The highest BCUT2D eigenvalue weighted by Crippen LogP contribution is 2.30. The first-order chi connectivity index (χ1) is 5.04. The zero-order chi connectivity index (χ0) is 9.28. The molecule has 11 heavy (non-hydrogen) atoms. The largest absolute Gasteiger partial charge is 0.745 e. The van der Waals surface area contributed by atoms with Crippen molar-refractivity contribution in [1.29, 1.82) is 0 Å². The first-order valence-electron chi connectivity index (χ1n) is 3.04. The summed E-state index contributed by atoms with van der Waals surface area (Å²) in [5.41, 5.74) is 0. The van der Waals surface area contributed by atoms with Crippen molar-refractivity contribution in [3.8, 4) is 0 Å². The number of unbranched alkanes of at least 4 members (excludes halogenated alkanes) is 1. The molecular formula is C4H12O5P2+2. The molecule has 66 valence electrons. The van der Waals surface area contributed by atoms with Gasteiger partial charge in [-0.25, -0.2) is 0 Å². The highest BCUT2D eigenvalue weighted by atomic mass is 31.2. The summed E-state index contributed by atoms with van der Waals surface area (Å²) < 4.78 is 22.2. The van der Waals surface area contributed by atoms with E-state index < -0.39 is 16.5 Å². The molecule has 0 radical (unpaired) electrons. The van der Waals surface area contributed by atoms with Crippen LogP contribution < -0.4 is 0 Å². The van der Waals surface area contributed by atoms with E-state index in [1.807, 2.05) is 0 Å². The molecule has 0 saturated heterocycles. The summed E-state index contributed by atoms with van der Waals surface area (Å²) in [4.78, 5) is 15.3. The van der Waals surface area contributed by atoms with E-state index in [1.165, 1.54) is 12.8 Å². The van der Waals surface area contributed by atoms with Gasteiger partial charge in [0.05, 0.1) is 0 Å². The number of rotatable bonds is 3. The van der Waals surface area contributed by atoms with Gasteiger partial charge in [-0.05, 0) is 0 Å². The van der Waals surface area contributed by atoms with E-state index in [9.17, 15) is 9.13 Å². The normalized spacial score (nSPS) is 11.3. The van der Waals surface area contributed by atoms with Crippen molar-refractivity contribution < 1.29 is 23.2 Å². The molecule has 2 unspecified atom stereocenters. The lowest BCUT2D eigenvalue weighted by Gasteiger charge is -1.68. The average Bonchev–Trinajstić information content (AvgIpc) is 1.85. The molecule has 0 rings (SSSR count). The molecule has 5 nitrogen and oxygen atoms in total. The third kappa shape index (κ3) is 25.5. The van der Waals surface area contributed by atoms with Crippen LogP contribution in [0.25, 0.3) is 0 Å². The van der Waals surface area contributed by atoms with Crippen molar-refractivity contribution in [2.75, 3.05) is 0 Å². The quantitative estimate of drug-likeness (QED) is 0.684. The molecule has 0 saturated carbocycles. The summed E-state index contributed by atoms with van der Waals surface area (Å²) >= 11 is 0. The highest BCUT2D eigenvalue weighted by Gasteiger charge is 2.31. The van der Waals surface area contributed by atoms with E-state index in [1.54, 1.807) is 0 Å². The Bertz CT molecular complexity index is 112. The van der Waals surface area contributed by atoms with Gasteiger partial charge in [0.2, 0.25) is 0 Å². The lowest BCUT2D eigenvalue weighted by atomic mass is 10.4. The monoisotopic (exact) mass is 202 g/mol. The van der Waals surface area contributed by atoms with Crippen LogP contribution >= 0.6 is 16.5 Å². The Morgan fingerprint density at radius 2 is 1.36 bits per heavy atom. The van der Waals surface area contributed by atoms with Gasteiger partial charge in [0.25, 0.3) is 0 Å². The van der Waals surface area contributed by atoms with Crippen molar-refractivity contribution in [2.24, 2.45) is 0 Å². The SMILES string of the molecule is CCCC.O=[P+](O)O[P+](=O)O. The van der Waals surface area contributed by atoms with Gasteiger partial charge in [-0.1, -0.05) is 26.7 Å². The molecule has 2 N–H and O–H groups in total. The van der Waals surface area contributed by atoms with Crippen LogP contribution in [0.3, 0.4) is 0 Å². The Kier molecular flexibility index (Phi) is 12.5. The lowest BCUT2D eigenvalue weighted by Crippen LogP contribution is -1.58. The van der Waals surface area contributed by atoms with Crippen molar-refractivity contribution in [1.82, 2.24) is 0 Å². The molecule has 0 aromatic rings. The van der Waals surface area contributed by atoms with Crippen LogP contribution in [0.4, 0.5) is 0 Å². The first-order valence-corrected chi connectivity index (χ1v) is 5.31. The van der Waals surface area contributed by atoms with Crippen LogP contribution in [0.5, 0.6) is 0 Å². The van der Waals surface area contributed by atoms with E-state index >= 15 is 0 Å². The van der Waals surface area contributed by atoms with Crippen LogP contribution in [0.1, 0.15) is 26.7 Å². The minimum absolute atomic E-state index is 1.32. The molecule has 0 aromatic heterocycles. The fourth-order valence-corrected chi connectivity index (χ4v) is 0.538. The Morgan fingerprint density at radius 3 is 1.36 bits per heavy atom. The molecule has 0 aliphatic heterocycles. The number of hydrogen-bond acceptors (Lipinski definition) is 3. The van der Waals surface area contributed by atoms with Gasteiger partial charge in [0, 0.05) is 9.13 Å². The Balaban J connectivity index is 0. The Morgan fingerprint density at radius 1 is 1.09 bits per heavy atom. The Hall–Kier alpha value is 0.0800. The van der Waals surface area contributed by atoms with Gasteiger partial charge in [0.15, 0.2) is 4.31 Å². The fourth-order valence-electron chi connectivity index (χ4n) is 0.0598. The standard InChI is InChI=1S/C4H10.O5P2/c1-3-4-2;1-6(2)5-7(3)4/h3-4H2,1-2H3;/p+2. The lowest BCUT2D eigenvalue weighted by molar-refractivity contribution is 0.371. The summed E-state index contributed by atoms with van der Waals surface area (Å²) in [5, 5.41) is 0. The molecule has 2 atom stereocenters. The second-order valence-electron chi connectivity index (χ2n) is 1.56. The van der Waals surface area contributed by atoms with Gasteiger partial charge in [-0.2, -0.15) is 0 Å². The van der Waals surface area contributed by atoms with Crippen LogP contribution in [0.2, 0.25) is 0 Å². The summed E-state index contributed by atoms with van der Waals surface area (Å²) in [7, 11) is -5.85. The molecular weight excluding hydrogens is 190 g/mol. The van der Waals surface area contributed by atoms with E-state index in [-0.39, 0.29) is 0 Å². The van der Waals surface area contributed by atoms with Crippen molar-refractivity contribution in [3.05, 3.63) is 0 Å². The minimum atomic E-state index is -2.92. The van der Waals surface area contributed by atoms with E-state index in [4.69, 9.17) is 9.79 Å². The molecule has 0 bridgehead atoms. The maximum Gasteiger partial charge on any atom is 0.745 e. The van der Waals surface area contributed by atoms with Crippen LogP contribution in [0.15, 0.2) is 0 Å². The van der Waals surface area contributed by atoms with Crippen LogP contribution in [-0.4, -0.2) is 9.79 Å². The van der Waals surface area contributed by atoms with Crippen LogP contribution in [0, 0.1) is 0 Å². The molecule has 0 aliphatic rings. The first kappa shape index (κ1) is 13.7. The van der Waals surface area contributed by atoms with Crippen molar-refractivity contribution in [3.63, 3.8) is 0 Å². The molecule has 0 fully saturated rings. The second-order valence-corrected chi connectivity index (χ2v) is 3.16. The predicted octanol–water partition coefficient (Wildman–Crippen LogP) is 2.11. The number of hydrogen-bond donors (Lipinski definition) is 2. The summed E-state index contributed by atoms with van der Waals surface area (Å²) in [5.74, 6) is 0. The van der Waals surface area contributed by atoms with Crippen LogP contribution in [-0.2, 0) is 13.4 Å². The molecule has 0 aliphatic carbocycles. The van der Waals surface area contributed by atoms with Gasteiger partial charge >= 0.3 is 16.5 Å².